The molecule has 4 nitrogen and oxygen atoms in total. The van der Waals surface area contributed by atoms with Crippen molar-refractivity contribution in [1.82, 2.24) is 0 Å². The van der Waals surface area contributed by atoms with E-state index in [1.807, 2.05) is 6.07 Å². The summed E-state index contributed by atoms with van der Waals surface area (Å²) in [5.41, 5.74) is 11.6. The second-order valence-electron chi connectivity index (χ2n) is 13.8. The van der Waals surface area contributed by atoms with Gasteiger partial charge >= 0.3 is 0 Å². The number of nitrogens with zero attached hydrogens (tertiary/aromatic N) is 2. The minimum atomic E-state index is -0.271. The summed E-state index contributed by atoms with van der Waals surface area (Å²) in [5, 5.41) is 2.30. The molecule has 11 rings (SSSR count). The number of para-hydroxylation sites is 2. The quantitative estimate of drug-likeness (QED) is 0.181. The zero-order chi connectivity index (χ0) is 31.6. The predicted molar refractivity (Wildman–Crippen MR) is 198 cm³/mol. The maximum atomic E-state index is 6.61. The molecule has 4 heterocycles. The van der Waals surface area contributed by atoms with Gasteiger partial charge in [0.25, 0.3) is 0 Å². The van der Waals surface area contributed by atoms with Gasteiger partial charge in [-0.1, -0.05) is 97.1 Å². The summed E-state index contributed by atoms with van der Waals surface area (Å²) < 4.78 is 13.0. The first kappa shape index (κ1) is 26.4. The molecule has 0 fully saturated rings. The standard InChI is InChI=1S/C43H31BN2O2/c1-43-26-9-8-25-39(43)48-38-24-12-19-33(41(38)43)46-31-17-6-4-15-29(31)44-28-14-3-5-16-30(28)45(34-20-10-21-35(46)42(34)44)32-18-11-23-37-40(32)27-13-2-7-22-36(27)47-37/h2-26,28,30,39H,1H3. The number of rotatable bonds is 2. The van der Waals surface area contributed by atoms with Gasteiger partial charge in [-0.25, -0.2) is 0 Å². The molecule has 0 radical (unpaired) electrons. The van der Waals surface area contributed by atoms with Crippen LogP contribution in [0.1, 0.15) is 12.5 Å². The molecule has 0 amide bonds. The molecule has 4 atom stereocenters. The van der Waals surface area contributed by atoms with Crippen molar-refractivity contribution in [2.75, 3.05) is 9.80 Å². The van der Waals surface area contributed by atoms with E-state index in [0.717, 1.165) is 27.7 Å². The van der Waals surface area contributed by atoms with Crippen molar-refractivity contribution >= 4 is 68.0 Å². The molecular formula is C43H31BN2O2. The van der Waals surface area contributed by atoms with Crippen LogP contribution in [0.3, 0.4) is 0 Å². The number of anilines is 5. The number of allylic oxidation sites excluding steroid dienone is 4. The molecule has 4 unspecified atom stereocenters. The molecule has 0 saturated carbocycles. The molecule has 6 aromatic rings. The highest BCUT2D eigenvalue weighted by Gasteiger charge is 2.51. The molecule has 5 aromatic carbocycles. The Hall–Kier alpha value is -5.68. The van der Waals surface area contributed by atoms with E-state index >= 15 is 0 Å². The summed E-state index contributed by atoms with van der Waals surface area (Å²) in [6.45, 7) is 2.51. The lowest BCUT2D eigenvalue weighted by Gasteiger charge is -2.50. The Morgan fingerprint density at radius 3 is 2.35 bits per heavy atom. The van der Waals surface area contributed by atoms with E-state index in [2.05, 4.69) is 162 Å². The molecule has 5 aliphatic rings. The highest BCUT2D eigenvalue weighted by Crippen LogP contribution is 2.55. The second-order valence-corrected chi connectivity index (χ2v) is 13.8. The van der Waals surface area contributed by atoms with E-state index in [1.165, 1.54) is 44.9 Å². The molecule has 1 aromatic heterocycles. The van der Waals surface area contributed by atoms with Gasteiger partial charge in [0.1, 0.15) is 23.0 Å². The van der Waals surface area contributed by atoms with Crippen molar-refractivity contribution in [3.05, 3.63) is 157 Å². The van der Waals surface area contributed by atoms with Crippen LogP contribution in [-0.2, 0) is 5.41 Å². The minimum absolute atomic E-state index is 0.0307. The first-order chi connectivity index (χ1) is 23.7. The van der Waals surface area contributed by atoms with Gasteiger partial charge in [-0.05, 0) is 78.3 Å². The molecule has 228 valence electrons. The molecule has 3 aliphatic heterocycles. The van der Waals surface area contributed by atoms with E-state index in [4.69, 9.17) is 9.15 Å². The Morgan fingerprint density at radius 1 is 0.646 bits per heavy atom. The lowest BCUT2D eigenvalue weighted by Crippen LogP contribution is -2.61. The van der Waals surface area contributed by atoms with Gasteiger partial charge in [-0.3, -0.25) is 0 Å². The van der Waals surface area contributed by atoms with Gasteiger partial charge in [0.15, 0.2) is 0 Å². The molecule has 2 aliphatic carbocycles. The number of benzene rings is 5. The van der Waals surface area contributed by atoms with Crippen molar-refractivity contribution in [2.24, 2.45) is 0 Å². The highest BCUT2D eigenvalue weighted by molar-refractivity contribution is 6.91. The Morgan fingerprint density at radius 2 is 1.38 bits per heavy atom. The van der Waals surface area contributed by atoms with Crippen LogP contribution >= 0.6 is 0 Å². The van der Waals surface area contributed by atoms with E-state index < -0.39 is 0 Å². The number of hydrogen-bond acceptors (Lipinski definition) is 4. The van der Waals surface area contributed by atoms with Crippen LogP contribution < -0.4 is 25.5 Å². The SMILES string of the molecule is CC12C=CC=CC1Oc1cccc(N3c4ccccc4B4c5c3cccc5N(c3cccc5oc6ccccc6c35)C3C=CC=CC43)c12. The lowest BCUT2D eigenvalue weighted by atomic mass is 9.29. The Kier molecular flexibility index (Phi) is 5.20. The van der Waals surface area contributed by atoms with E-state index in [-0.39, 0.29) is 30.1 Å². The number of furan rings is 1. The van der Waals surface area contributed by atoms with E-state index in [0.29, 0.717) is 0 Å². The summed E-state index contributed by atoms with van der Waals surface area (Å²) in [5.74, 6) is 1.19. The fourth-order valence-electron chi connectivity index (χ4n) is 9.34. The average molecular weight is 619 g/mol. The number of ether oxygens (including phenoxy) is 1. The molecular weight excluding hydrogens is 587 g/mol. The van der Waals surface area contributed by atoms with Gasteiger partial charge in [0.2, 0.25) is 6.71 Å². The topological polar surface area (TPSA) is 28.9 Å². The van der Waals surface area contributed by atoms with Gasteiger partial charge < -0.3 is 19.0 Å². The largest absolute Gasteiger partial charge is 0.485 e. The highest BCUT2D eigenvalue weighted by atomic mass is 16.5. The van der Waals surface area contributed by atoms with Crippen molar-refractivity contribution < 1.29 is 9.15 Å². The van der Waals surface area contributed by atoms with Crippen LogP contribution in [0.5, 0.6) is 5.75 Å². The fourth-order valence-corrected chi connectivity index (χ4v) is 9.34. The molecule has 0 N–H and O–H groups in total. The van der Waals surface area contributed by atoms with Crippen molar-refractivity contribution in [1.29, 1.82) is 0 Å². The smallest absolute Gasteiger partial charge is 0.226 e. The summed E-state index contributed by atoms with van der Waals surface area (Å²) >= 11 is 0. The maximum Gasteiger partial charge on any atom is 0.226 e. The lowest BCUT2D eigenvalue weighted by molar-refractivity contribution is 0.228. The van der Waals surface area contributed by atoms with Crippen molar-refractivity contribution in [3.8, 4) is 5.75 Å². The Labute approximate surface area is 279 Å². The third-order valence-corrected chi connectivity index (χ3v) is 11.3. The number of hydrogen-bond donors (Lipinski definition) is 0. The second kappa shape index (κ2) is 9.45. The molecule has 0 spiro atoms. The fraction of sp³-hybridized carbons (Fsp3) is 0.116. The third kappa shape index (κ3) is 3.31. The van der Waals surface area contributed by atoms with Crippen LogP contribution in [0.2, 0.25) is 5.82 Å². The molecule has 0 bridgehead atoms. The van der Waals surface area contributed by atoms with E-state index in [1.54, 1.807) is 0 Å². The first-order valence-electron chi connectivity index (χ1n) is 16.9. The van der Waals surface area contributed by atoms with Crippen LogP contribution in [0.4, 0.5) is 28.4 Å². The third-order valence-electron chi connectivity index (χ3n) is 11.3. The zero-order valence-electron chi connectivity index (χ0n) is 26.5. The maximum absolute atomic E-state index is 6.61. The predicted octanol–water partition coefficient (Wildman–Crippen LogP) is 9.14. The van der Waals surface area contributed by atoms with Crippen molar-refractivity contribution in [2.45, 2.75) is 30.3 Å². The first-order valence-corrected chi connectivity index (χ1v) is 16.9. The summed E-state index contributed by atoms with van der Waals surface area (Å²) in [6, 6.07) is 37.5. The Bertz CT molecular complexity index is 2470. The van der Waals surface area contributed by atoms with E-state index in [9.17, 15) is 0 Å². The van der Waals surface area contributed by atoms with Crippen LogP contribution in [-0.4, -0.2) is 18.9 Å². The van der Waals surface area contributed by atoms with Crippen molar-refractivity contribution in [3.63, 3.8) is 0 Å². The Balaban J connectivity index is 1.21. The minimum Gasteiger partial charge on any atom is -0.485 e. The molecule has 5 heteroatoms. The van der Waals surface area contributed by atoms with Crippen LogP contribution in [0.15, 0.2) is 156 Å². The molecule has 48 heavy (non-hydrogen) atoms. The van der Waals surface area contributed by atoms with Gasteiger partial charge in [-0.15, -0.1) is 0 Å². The monoisotopic (exact) mass is 618 g/mol. The average Bonchev–Trinajstić information content (AvgIpc) is 3.67. The summed E-state index contributed by atoms with van der Waals surface area (Å²) in [7, 11) is 0. The van der Waals surface area contributed by atoms with Crippen LogP contribution in [0, 0.1) is 0 Å². The van der Waals surface area contributed by atoms with Gasteiger partial charge in [-0.2, -0.15) is 0 Å². The normalized spacial score (nSPS) is 23.9. The van der Waals surface area contributed by atoms with Gasteiger partial charge in [0.05, 0.1) is 28.2 Å². The van der Waals surface area contributed by atoms with Crippen LogP contribution in [0.25, 0.3) is 21.9 Å². The number of fused-ring (bicyclic) bond motifs is 10. The van der Waals surface area contributed by atoms with Gasteiger partial charge in [0, 0.05) is 28.0 Å². The summed E-state index contributed by atoms with van der Waals surface area (Å²) in [4.78, 5) is 5.10. The molecule has 0 saturated heterocycles. The zero-order valence-corrected chi connectivity index (χ0v) is 26.5. The summed E-state index contributed by atoms with van der Waals surface area (Å²) in [6.07, 6.45) is 18.0.